The molecule has 1 heterocycles. The Morgan fingerprint density at radius 1 is 1.06 bits per heavy atom. The minimum Gasteiger partial charge on any atom is -0.469 e. The number of methoxy groups -OCH3 is 2. The lowest BCUT2D eigenvalue weighted by Crippen LogP contribution is -2.59. The van der Waals surface area contributed by atoms with Gasteiger partial charge in [0.2, 0.25) is 11.8 Å². The molecule has 1 aliphatic rings. The lowest BCUT2D eigenvalue weighted by atomic mass is 9.85. The molecular formula is C23H39N3O9S. The van der Waals surface area contributed by atoms with Crippen LogP contribution in [-0.4, -0.2) is 87.0 Å². The molecule has 1 fully saturated rings. The summed E-state index contributed by atoms with van der Waals surface area (Å²) in [5.74, 6) is -2.54. The van der Waals surface area contributed by atoms with Crippen molar-refractivity contribution in [1.29, 1.82) is 0 Å². The van der Waals surface area contributed by atoms with Gasteiger partial charge in [-0.2, -0.15) is 0 Å². The monoisotopic (exact) mass is 533 g/mol. The number of carbonyl (C=O) groups excluding carboxylic acids is 5. The van der Waals surface area contributed by atoms with E-state index in [0.717, 1.165) is 11.8 Å². The predicted molar refractivity (Wildman–Crippen MR) is 132 cm³/mol. The van der Waals surface area contributed by atoms with Gasteiger partial charge < -0.3 is 35.3 Å². The second-order valence-electron chi connectivity index (χ2n) is 8.96. The summed E-state index contributed by atoms with van der Waals surface area (Å²) >= 11 is 0.933. The van der Waals surface area contributed by atoms with Crippen LogP contribution in [-0.2, 0) is 42.9 Å². The number of thioether (sulfide) groups is 1. The molecule has 4 N–H and O–H groups in total. The molecule has 1 aliphatic heterocycles. The molecule has 1 rings (SSSR count). The molecule has 2 amide bonds. The van der Waals surface area contributed by atoms with Gasteiger partial charge in [-0.3, -0.25) is 24.0 Å². The van der Waals surface area contributed by atoms with Gasteiger partial charge in [-0.05, 0) is 13.0 Å². The highest BCUT2D eigenvalue weighted by Crippen LogP contribution is 2.37. The lowest BCUT2D eigenvalue weighted by Gasteiger charge is -2.46. The van der Waals surface area contributed by atoms with Crippen LogP contribution < -0.4 is 16.4 Å². The highest BCUT2D eigenvalue weighted by Gasteiger charge is 2.50. The average molecular weight is 534 g/mol. The van der Waals surface area contributed by atoms with E-state index in [4.69, 9.17) is 19.9 Å². The Morgan fingerprint density at radius 3 is 2.42 bits per heavy atom. The Hall–Kier alpha value is -2.06. The molecule has 1 unspecified atom stereocenters. The number of nitrogens with two attached hydrogens (primary N) is 1. The number of carbonyl (C=O) groups is 5. The Balaban J connectivity index is 2.32. The van der Waals surface area contributed by atoms with Gasteiger partial charge in [0.05, 0.1) is 26.6 Å². The molecule has 0 bridgehead atoms. The molecule has 2 atom stereocenters. The maximum absolute atomic E-state index is 12.8. The zero-order valence-electron chi connectivity index (χ0n) is 21.5. The van der Waals surface area contributed by atoms with E-state index >= 15 is 0 Å². The van der Waals surface area contributed by atoms with Gasteiger partial charge >= 0.3 is 5.97 Å². The minimum atomic E-state index is -1.34. The molecule has 13 heteroatoms. The van der Waals surface area contributed by atoms with E-state index in [9.17, 15) is 24.0 Å². The molecule has 36 heavy (non-hydrogen) atoms. The first kappa shape index (κ1) is 32.0. The lowest BCUT2D eigenvalue weighted by molar-refractivity contribution is -0.425. The maximum atomic E-state index is 12.8. The van der Waals surface area contributed by atoms with Crippen molar-refractivity contribution in [2.75, 3.05) is 46.2 Å². The first-order chi connectivity index (χ1) is 17.0. The number of ketones is 1. The van der Waals surface area contributed by atoms with Crippen LogP contribution in [0.25, 0.3) is 0 Å². The SMILES string of the molecule is COC(=O)CCC(=O)CC(=O)SCCNC(=O)CCNC(=O)[C@@H]1OC(CCCN)(OC)OCC1(C)C. The van der Waals surface area contributed by atoms with Crippen LogP contribution in [0.5, 0.6) is 0 Å². The van der Waals surface area contributed by atoms with Gasteiger partial charge in [0.15, 0.2) is 5.12 Å². The van der Waals surface area contributed by atoms with Gasteiger partial charge in [0.25, 0.3) is 5.97 Å². The summed E-state index contributed by atoms with van der Waals surface area (Å²) in [5, 5.41) is 5.05. The highest BCUT2D eigenvalue weighted by atomic mass is 32.2. The summed E-state index contributed by atoms with van der Waals surface area (Å²) in [6, 6.07) is 0. The van der Waals surface area contributed by atoms with Crippen molar-refractivity contribution in [3.05, 3.63) is 0 Å². The molecule has 0 radical (unpaired) electrons. The van der Waals surface area contributed by atoms with Crippen LogP contribution in [0.4, 0.5) is 0 Å². The van der Waals surface area contributed by atoms with Crippen LogP contribution in [0.15, 0.2) is 0 Å². The fraction of sp³-hybridized carbons (Fsp3) is 0.783. The van der Waals surface area contributed by atoms with Crippen molar-refractivity contribution in [2.45, 2.75) is 64.4 Å². The van der Waals surface area contributed by atoms with Crippen molar-refractivity contribution < 1.29 is 42.9 Å². The second-order valence-corrected chi connectivity index (χ2v) is 10.1. The topological polar surface area (TPSA) is 172 Å². The largest absolute Gasteiger partial charge is 0.469 e. The number of hydrogen-bond donors (Lipinski definition) is 3. The molecule has 1 saturated heterocycles. The van der Waals surface area contributed by atoms with Gasteiger partial charge in [0, 0.05) is 50.6 Å². The Kier molecular flexibility index (Phi) is 14.1. The summed E-state index contributed by atoms with van der Waals surface area (Å²) in [6.45, 7) is 4.70. The summed E-state index contributed by atoms with van der Waals surface area (Å²) in [5.41, 5.74) is 4.96. The summed E-state index contributed by atoms with van der Waals surface area (Å²) in [6.07, 6.45) is -0.198. The van der Waals surface area contributed by atoms with E-state index in [0.29, 0.717) is 25.1 Å². The van der Waals surface area contributed by atoms with Crippen LogP contribution in [0.1, 0.15) is 52.4 Å². The number of ether oxygens (including phenoxy) is 4. The fourth-order valence-electron chi connectivity index (χ4n) is 3.29. The third-order valence-corrected chi connectivity index (χ3v) is 6.30. The van der Waals surface area contributed by atoms with Gasteiger partial charge in [-0.1, -0.05) is 25.6 Å². The van der Waals surface area contributed by atoms with E-state index in [1.54, 1.807) is 0 Å². The Bertz CT molecular complexity index is 778. The average Bonchev–Trinajstić information content (AvgIpc) is 2.84. The van der Waals surface area contributed by atoms with Crippen molar-refractivity contribution in [1.82, 2.24) is 10.6 Å². The maximum Gasteiger partial charge on any atom is 0.305 e. The van der Waals surface area contributed by atoms with E-state index in [-0.39, 0.29) is 68.1 Å². The Labute approximate surface area is 216 Å². The highest BCUT2D eigenvalue weighted by molar-refractivity contribution is 8.13. The zero-order chi connectivity index (χ0) is 27.2. The smallest absolute Gasteiger partial charge is 0.305 e. The normalized spacial score (nSPS) is 20.9. The molecule has 12 nitrogen and oxygen atoms in total. The minimum absolute atomic E-state index is 0.0440. The number of rotatable bonds is 16. The van der Waals surface area contributed by atoms with Crippen molar-refractivity contribution >= 4 is 40.4 Å². The third kappa shape index (κ3) is 11.3. The molecule has 206 valence electrons. The third-order valence-electron chi connectivity index (χ3n) is 5.42. The summed E-state index contributed by atoms with van der Waals surface area (Å²) in [4.78, 5) is 59.4. The molecule has 0 aromatic heterocycles. The van der Waals surface area contributed by atoms with Crippen molar-refractivity contribution in [3.63, 3.8) is 0 Å². The van der Waals surface area contributed by atoms with Gasteiger partial charge in [-0.25, -0.2) is 0 Å². The summed E-state index contributed by atoms with van der Waals surface area (Å²) < 4.78 is 21.6. The van der Waals surface area contributed by atoms with Crippen LogP contribution in [0.2, 0.25) is 0 Å². The first-order valence-electron chi connectivity index (χ1n) is 11.8. The van der Waals surface area contributed by atoms with Crippen LogP contribution in [0.3, 0.4) is 0 Å². The number of amides is 2. The van der Waals surface area contributed by atoms with Crippen LogP contribution >= 0.6 is 11.8 Å². The van der Waals surface area contributed by atoms with E-state index in [1.165, 1.54) is 14.2 Å². The standard InChI is InChI=1S/C23H39N3O9S/c1-22(2)15-34-23(33-4,9-5-10-24)35-20(22)21(31)26-11-8-17(28)25-12-13-36-19(30)14-16(27)6-7-18(29)32-3/h20H,5-15,24H2,1-4H3,(H,25,28)(H,26,31)/t20-,23?/m0/s1. The van der Waals surface area contributed by atoms with Crippen molar-refractivity contribution in [2.24, 2.45) is 11.1 Å². The summed E-state index contributed by atoms with van der Waals surface area (Å²) in [7, 11) is 2.68. The van der Waals surface area contributed by atoms with Gasteiger partial charge in [-0.15, -0.1) is 0 Å². The first-order valence-corrected chi connectivity index (χ1v) is 12.8. The Morgan fingerprint density at radius 2 is 1.78 bits per heavy atom. The molecule has 0 saturated carbocycles. The second kappa shape index (κ2) is 15.9. The number of esters is 1. The van der Waals surface area contributed by atoms with Crippen LogP contribution in [0, 0.1) is 5.41 Å². The van der Waals surface area contributed by atoms with E-state index < -0.39 is 23.5 Å². The quantitative estimate of drug-likeness (QED) is 0.141. The molecule has 0 aromatic rings. The number of Topliss-reactive ketones (excluding diaryl/α,β-unsaturated/α-hetero) is 1. The number of nitrogens with one attached hydrogen (secondary N) is 2. The number of hydrogen-bond acceptors (Lipinski definition) is 11. The van der Waals surface area contributed by atoms with Crippen molar-refractivity contribution in [3.8, 4) is 0 Å². The molecule has 0 spiro atoms. The predicted octanol–water partition coefficient (Wildman–Crippen LogP) is 0.262. The van der Waals surface area contributed by atoms with E-state index in [2.05, 4.69) is 15.4 Å². The molecule has 0 aromatic carbocycles. The van der Waals surface area contributed by atoms with Gasteiger partial charge in [0.1, 0.15) is 11.9 Å². The zero-order valence-corrected chi connectivity index (χ0v) is 22.3. The molecular weight excluding hydrogens is 494 g/mol. The molecule has 0 aliphatic carbocycles. The van der Waals surface area contributed by atoms with E-state index in [1.807, 2.05) is 13.8 Å². The fourth-order valence-corrected chi connectivity index (χ4v) is 3.99.